The maximum Gasteiger partial charge on any atom is 0.358 e. The van der Waals surface area contributed by atoms with E-state index < -0.39 is 11.6 Å². The number of esters is 1. The summed E-state index contributed by atoms with van der Waals surface area (Å²) < 4.78 is 15.5. The number of para-hydroxylation sites is 1. The number of carbonyl (C=O) groups is 1. The number of carbonyl (C=O) groups excluding carboxylic acids is 1. The number of unbranched alkanes of at least 4 members (excludes halogenated alkanes) is 1. The van der Waals surface area contributed by atoms with E-state index in [-0.39, 0.29) is 0 Å². The molecule has 6 heteroatoms. The average molecular weight is 560 g/mol. The monoisotopic (exact) mass is 559 g/mol. The lowest BCUT2D eigenvalue weighted by Gasteiger charge is -2.33. The number of hydrogen-bond donors (Lipinski definition) is 0. The predicted octanol–water partition coefficient (Wildman–Crippen LogP) is 7.73. The minimum atomic E-state index is -1.28. The number of hydrogen-bond acceptors (Lipinski definition) is 5. The Morgan fingerprint density at radius 1 is 0.905 bits per heavy atom. The molecule has 3 heterocycles. The summed E-state index contributed by atoms with van der Waals surface area (Å²) in [6, 6.07) is 28.8. The Hall–Kier alpha value is -4.58. The zero-order valence-electron chi connectivity index (χ0n) is 24.8. The Kier molecular flexibility index (Phi) is 7.46. The number of benzene rings is 3. The van der Waals surface area contributed by atoms with Crippen molar-refractivity contribution < 1.29 is 14.3 Å². The molecule has 0 saturated carbocycles. The van der Waals surface area contributed by atoms with Gasteiger partial charge < -0.3 is 18.9 Å². The second-order valence-electron chi connectivity index (χ2n) is 10.7. The Bertz CT molecular complexity index is 1740. The number of anilines is 1. The number of pyridine rings is 1. The molecule has 0 N–H and O–H groups in total. The molecule has 1 aliphatic heterocycles. The van der Waals surface area contributed by atoms with Crippen LogP contribution in [0.15, 0.2) is 91.1 Å². The fraction of sp³-hybridized carbons (Fsp3) is 0.278. The van der Waals surface area contributed by atoms with Crippen LogP contribution < -0.4 is 9.64 Å². The highest BCUT2D eigenvalue weighted by atomic mass is 16.6. The lowest BCUT2D eigenvalue weighted by Crippen LogP contribution is -2.31. The molecular formula is C36H37N3O3. The molecule has 1 unspecified atom stereocenters. The zero-order chi connectivity index (χ0) is 29.3. The molecule has 0 radical (unpaired) electrons. The van der Waals surface area contributed by atoms with Crippen LogP contribution in [0.1, 0.15) is 60.8 Å². The minimum Gasteiger partial charge on any atom is -0.493 e. The molecule has 6 rings (SSSR count). The van der Waals surface area contributed by atoms with Crippen LogP contribution in [0.3, 0.4) is 0 Å². The molecule has 0 amide bonds. The van der Waals surface area contributed by atoms with Gasteiger partial charge in [-0.05, 0) is 50.1 Å². The van der Waals surface area contributed by atoms with Gasteiger partial charge >= 0.3 is 5.97 Å². The first-order valence-corrected chi connectivity index (χ1v) is 14.9. The fourth-order valence-electron chi connectivity index (χ4n) is 6.33. The number of fused-ring (bicyclic) bond motifs is 2. The summed E-state index contributed by atoms with van der Waals surface area (Å²) in [6.45, 7) is 8.77. The molecule has 2 aromatic heterocycles. The molecule has 3 aromatic carbocycles. The third kappa shape index (κ3) is 4.33. The van der Waals surface area contributed by atoms with Crippen LogP contribution in [-0.4, -0.2) is 35.2 Å². The first kappa shape index (κ1) is 27.6. The summed E-state index contributed by atoms with van der Waals surface area (Å²) in [4.78, 5) is 20.5. The number of aryl methyl sites for hydroxylation is 1. The molecule has 0 saturated heterocycles. The van der Waals surface area contributed by atoms with Crippen molar-refractivity contribution in [2.24, 2.45) is 7.05 Å². The van der Waals surface area contributed by atoms with Crippen LogP contribution in [0.2, 0.25) is 0 Å². The Morgan fingerprint density at radius 2 is 1.67 bits per heavy atom. The molecule has 0 fully saturated rings. The maximum atomic E-state index is 13.7. The van der Waals surface area contributed by atoms with Crippen molar-refractivity contribution in [2.45, 2.75) is 39.2 Å². The van der Waals surface area contributed by atoms with E-state index in [0.717, 1.165) is 70.5 Å². The van der Waals surface area contributed by atoms with E-state index in [1.165, 1.54) is 0 Å². The van der Waals surface area contributed by atoms with Crippen LogP contribution in [0.4, 0.5) is 5.69 Å². The van der Waals surface area contributed by atoms with Gasteiger partial charge in [0, 0.05) is 65.7 Å². The van der Waals surface area contributed by atoms with Gasteiger partial charge in [-0.2, -0.15) is 0 Å². The molecule has 0 spiro atoms. The third-order valence-corrected chi connectivity index (χ3v) is 8.36. The van der Waals surface area contributed by atoms with Gasteiger partial charge in [0.1, 0.15) is 5.75 Å². The van der Waals surface area contributed by atoms with Gasteiger partial charge in [0.25, 0.3) is 0 Å². The summed E-state index contributed by atoms with van der Waals surface area (Å²) in [5.41, 5.74) is 5.61. The van der Waals surface area contributed by atoms with Crippen molar-refractivity contribution >= 4 is 22.6 Å². The van der Waals surface area contributed by atoms with Crippen LogP contribution in [0.25, 0.3) is 22.2 Å². The fourth-order valence-corrected chi connectivity index (χ4v) is 6.33. The Labute approximate surface area is 247 Å². The van der Waals surface area contributed by atoms with Crippen molar-refractivity contribution in [3.05, 3.63) is 114 Å². The van der Waals surface area contributed by atoms with Gasteiger partial charge in [0.15, 0.2) is 11.3 Å². The van der Waals surface area contributed by atoms with E-state index in [4.69, 9.17) is 9.47 Å². The second kappa shape index (κ2) is 11.4. The molecule has 0 bridgehead atoms. The topological polar surface area (TPSA) is 56.6 Å². The third-order valence-electron chi connectivity index (χ3n) is 8.36. The lowest BCUT2D eigenvalue weighted by atomic mass is 9.78. The highest BCUT2D eigenvalue weighted by Crippen LogP contribution is 2.54. The van der Waals surface area contributed by atoms with E-state index in [2.05, 4.69) is 84.7 Å². The molecule has 0 aliphatic carbocycles. The van der Waals surface area contributed by atoms with E-state index in [0.29, 0.717) is 18.1 Å². The van der Waals surface area contributed by atoms with Crippen LogP contribution in [0, 0.1) is 0 Å². The van der Waals surface area contributed by atoms with Gasteiger partial charge in [0.05, 0.1) is 12.3 Å². The van der Waals surface area contributed by atoms with Crippen molar-refractivity contribution in [3.8, 4) is 17.0 Å². The van der Waals surface area contributed by atoms with Crippen molar-refractivity contribution in [3.63, 3.8) is 0 Å². The predicted molar refractivity (Wildman–Crippen MR) is 168 cm³/mol. The van der Waals surface area contributed by atoms with Gasteiger partial charge in [-0.1, -0.05) is 67.9 Å². The largest absolute Gasteiger partial charge is 0.493 e. The zero-order valence-corrected chi connectivity index (χ0v) is 24.8. The van der Waals surface area contributed by atoms with Gasteiger partial charge in [-0.3, -0.25) is 0 Å². The first-order valence-electron chi connectivity index (χ1n) is 14.9. The molecule has 42 heavy (non-hydrogen) atoms. The molecule has 1 atom stereocenters. The van der Waals surface area contributed by atoms with Gasteiger partial charge in [-0.25, -0.2) is 9.78 Å². The van der Waals surface area contributed by atoms with Crippen LogP contribution in [0.5, 0.6) is 5.75 Å². The van der Waals surface area contributed by atoms with Gasteiger partial charge in [0.2, 0.25) is 0 Å². The number of aromatic nitrogens is 2. The van der Waals surface area contributed by atoms with Crippen LogP contribution >= 0.6 is 0 Å². The number of nitrogens with zero attached hydrogens (tertiary/aromatic N) is 3. The summed E-state index contributed by atoms with van der Waals surface area (Å²) in [5.74, 6) is 0.272. The number of rotatable bonds is 10. The Balaban J connectivity index is 1.74. The van der Waals surface area contributed by atoms with Gasteiger partial charge in [-0.15, -0.1) is 0 Å². The first-order chi connectivity index (χ1) is 20.5. The van der Waals surface area contributed by atoms with Crippen molar-refractivity contribution in [1.82, 2.24) is 9.55 Å². The standard InChI is InChI=1S/C36H37N3O3/c1-5-8-23-41-31-24-26(39(6-2)7-3)20-21-28(31)36(29-18-14-22-37-33(29)35(40)42-36)32-27-17-12-13-19-30(27)38(4)34(32)25-15-10-9-11-16-25/h9-22,24H,5-8,23H2,1-4H3. The molecule has 1 aliphatic rings. The number of cyclic esters (lactones) is 1. The highest BCUT2D eigenvalue weighted by molar-refractivity contribution is 6.00. The molecule has 6 nitrogen and oxygen atoms in total. The summed E-state index contributed by atoms with van der Waals surface area (Å²) in [5, 5.41) is 1.01. The smallest absolute Gasteiger partial charge is 0.358 e. The molecule has 214 valence electrons. The summed E-state index contributed by atoms with van der Waals surface area (Å²) >= 11 is 0. The molecular weight excluding hydrogens is 522 g/mol. The van der Waals surface area contributed by atoms with E-state index in [1.54, 1.807) is 6.20 Å². The summed E-state index contributed by atoms with van der Waals surface area (Å²) in [6.07, 6.45) is 3.59. The Morgan fingerprint density at radius 3 is 2.43 bits per heavy atom. The van der Waals surface area contributed by atoms with Crippen molar-refractivity contribution in [1.29, 1.82) is 0 Å². The van der Waals surface area contributed by atoms with E-state index >= 15 is 0 Å². The lowest BCUT2D eigenvalue weighted by molar-refractivity contribution is 0.0246. The van der Waals surface area contributed by atoms with Crippen LogP contribution in [-0.2, 0) is 17.4 Å². The maximum absolute atomic E-state index is 13.7. The molecule has 5 aromatic rings. The number of ether oxygens (including phenoxy) is 2. The van der Waals surface area contributed by atoms with Crippen molar-refractivity contribution in [2.75, 3.05) is 24.6 Å². The summed E-state index contributed by atoms with van der Waals surface area (Å²) in [7, 11) is 2.07. The highest BCUT2D eigenvalue weighted by Gasteiger charge is 2.53. The van der Waals surface area contributed by atoms with E-state index in [1.807, 2.05) is 42.5 Å². The van der Waals surface area contributed by atoms with E-state index in [9.17, 15) is 4.79 Å². The average Bonchev–Trinajstić information content (AvgIpc) is 3.50. The normalized spacial score (nSPS) is 16.0. The minimum absolute atomic E-state index is 0.330. The second-order valence-corrected chi connectivity index (χ2v) is 10.7. The SMILES string of the molecule is CCCCOc1cc(N(CC)CC)ccc1C1(c2c(-c3ccccc3)n(C)c3ccccc23)OC(=O)c2ncccc21. The quantitative estimate of drug-likeness (QED) is 0.129.